The number of pyridine rings is 1. The van der Waals surface area contributed by atoms with Crippen LogP contribution in [0.25, 0.3) is 11.1 Å². The number of fused-ring (bicyclic) bond motifs is 1. The molecule has 2 heterocycles. The van der Waals surface area contributed by atoms with E-state index in [-0.39, 0.29) is 5.91 Å². The second-order valence-corrected chi connectivity index (χ2v) is 7.63. The Hall–Kier alpha value is -3.18. The van der Waals surface area contributed by atoms with E-state index in [1.54, 1.807) is 0 Å². The summed E-state index contributed by atoms with van der Waals surface area (Å²) in [5.41, 5.74) is 15.6. The lowest BCUT2D eigenvalue weighted by molar-refractivity contribution is 0.102. The molecular formula is C24H26N4O. The highest BCUT2D eigenvalue weighted by Crippen LogP contribution is 2.33. The van der Waals surface area contributed by atoms with Gasteiger partial charge in [0.2, 0.25) is 0 Å². The molecule has 5 nitrogen and oxygen atoms in total. The van der Waals surface area contributed by atoms with Crippen LogP contribution in [0.5, 0.6) is 0 Å². The lowest BCUT2D eigenvalue weighted by Crippen LogP contribution is -2.27. The molecule has 0 saturated carbocycles. The first kappa shape index (κ1) is 19.2. The number of aryl methyl sites for hydroxylation is 1. The highest BCUT2D eigenvalue weighted by atomic mass is 16.1. The number of nitrogens with two attached hydrogens (primary N) is 1. The summed E-state index contributed by atoms with van der Waals surface area (Å²) in [6.07, 6.45) is 0.955. The van der Waals surface area contributed by atoms with Crippen molar-refractivity contribution in [3.63, 3.8) is 0 Å². The molecule has 0 saturated heterocycles. The summed E-state index contributed by atoms with van der Waals surface area (Å²) in [4.78, 5) is 17.6. The summed E-state index contributed by atoms with van der Waals surface area (Å²) in [6.45, 7) is 7.75. The summed E-state index contributed by atoms with van der Waals surface area (Å²) in [6, 6.07) is 13.7. The highest BCUT2D eigenvalue weighted by molar-refractivity contribution is 6.04. The van der Waals surface area contributed by atoms with E-state index in [4.69, 9.17) is 5.73 Å². The standard InChI is InChI=1S/C24H26N4O/c1-14-12-22(27-23-13-26-11-10-17(14)23)24(29)28-21-9-5-7-19(16(21)3)18-6-4-8-20(25)15(18)2/h4-9,12,26H,10-11,13,25H2,1-3H3,(H,28,29). The first-order valence-electron chi connectivity index (χ1n) is 9.92. The number of nitrogens with one attached hydrogen (secondary N) is 2. The molecule has 148 valence electrons. The molecule has 1 aromatic heterocycles. The van der Waals surface area contributed by atoms with Crippen molar-refractivity contribution in [3.05, 3.63) is 76.1 Å². The highest BCUT2D eigenvalue weighted by Gasteiger charge is 2.18. The van der Waals surface area contributed by atoms with Crippen LogP contribution in [-0.2, 0) is 13.0 Å². The molecule has 4 N–H and O–H groups in total. The maximum atomic E-state index is 13.0. The third kappa shape index (κ3) is 3.61. The zero-order chi connectivity index (χ0) is 20.5. The zero-order valence-corrected chi connectivity index (χ0v) is 17.1. The van der Waals surface area contributed by atoms with Gasteiger partial charge >= 0.3 is 0 Å². The van der Waals surface area contributed by atoms with Crippen molar-refractivity contribution in [2.75, 3.05) is 17.6 Å². The van der Waals surface area contributed by atoms with Crippen LogP contribution in [0.1, 0.15) is 38.4 Å². The van der Waals surface area contributed by atoms with Gasteiger partial charge in [-0.25, -0.2) is 4.98 Å². The van der Waals surface area contributed by atoms with Gasteiger partial charge in [0.05, 0.1) is 5.69 Å². The summed E-state index contributed by atoms with van der Waals surface area (Å²) < 4.78 is 0. The van der Waals surface area contributed by atoms with Gasteiger partial charge in [-0.15, -0.1) is 0 Å². The van der Waals surface area contributed by atoms with Crippen molar-refractivity contribution in [1.82, 2.24) is 10.3 Å². The minimum Gasteiger partial charge on any atom is -0.398 e. The van der Waals surface area contributed by atoms with Crippen molar-refractivity contribution in [2.24, 2.45) is 0 Å². The van der Waals surface area contributed by atoms with E-state index < -0.39 is 0 Å². The van der Waals surface area contributed by atoms with E-state index in [2.05, 4.69) is 34.7 Å². The Kier molecular flexibility index (Phi) is 5.07. The van der Waals surface area contributed by atoms with Crippen molar-refractivity contribution in [2.45, 2.75) is 33.7 Å². The maximum Gasteiger partial charge on any atom is 0.274 e. The zero-order valence-electron chi connectivity index (χ0n) is 17.1. The number of anilines is 2. The van der Waals surface area contributed by atoms with Gasteiger partial charge in [-0.3, -0.25) is 4.79 Å². The predicted octanol–water partition coefficient (Wildman–Crippen LogP) is 4.15. The number of hydrogen-bond donors (Lipinski definition) is 3. The SMILES string of the molecule is Cc1cc(C(=O)Nc2cccc(-c3cccc(N)c3C)c2C)nc2c1CCNC2. The number of nitrogens with zero attached hydrogens (tertiary/aromatic N) is 1. The van der Waals surface area contributed by atoms with Gasteiger partial charge in [0.25, 0.3) is 5.91 Å². The van der Waals surface area contributed by atoms with Crippen LogP contribution < -0.4 is 16.4 Å². The molecule has 5 heteroatoms. The molecule has 0 aliphatic carbocycles. The van der Waals surface area contributed by atoms with Gasteiger partial charge in [0.15, 0.2) is 0 Å². The Labute approximate surface area is 171 Å². The molecule has 1 aliphatic heterocycles. The Morgan fingerprint density at radius 2 is 1.79 bits per heavy atom. The lowest BCUT2D eigenvalue weighted by atomic mass is 9.94. The lowest BCUT2D eigenvalue weighted by Gasteiger charge is -2.19. The Morgan fingerprint density at radius 1 is 1.07 bits per heavy atom. The molecule has 0 bridgehead atoms. The molecule has 0 radical (unpaired) electrons. The van der Waals surface area contributed by atoms with Crippen LogP contribution in [-0.4, -0.2) is 17.4 Å². The Balaban J connectivity index is 1.66. The van der Waals surface area contributed by atoms with E-state index in [9.17, 15) is 4.79 Å². The van der Waals surface area contributed by atoms with Gasteiger partial charge in [-0.05, 0) is 85.3 Å². The first-order valence-corrected chi connectivity index (χ1v) is 9.92. The number of nitrogen functional groups attached to an aromatic ring is 1. The molecule has 0 unspecified atom stereocenters. The number of aromatic nitrogens is 1. The molecule has 1 aliphatic rings. The van der Waals surface area contributed by atoms with E-state index in [0.29, 0.717) is 12.2 Å². The Bertz CT molecular complexity index is 1100. The normalized spacial score (nSPS) is 13.1. The fourth-order valence-corrected chi connectivity index (χ4v) is 3.98. The van der Waals surface area contributed by atoms with Gasteiger partial charge in [-0.1, -0.05) is 24.3 Å². The number of rotatable bonds is 3. The number of carbonyl (C=O) groups is 1. The van der Waals surface area contributed by atoms with Crippen LogP contribution in [0.2, 0.25) is 0 Å². The van der Waals surface area contributed by atoms with Crippen molar-refractivity contribution in [1.29, 1.82) is 0 Å². The quantitative estimate of drug-likeness (QED) is 0.591. The summed E-state index contributed by atoms with van der Waals surface area (Å²) >= 11 is 0. The summed E-state index contributed by atoms with van der Waals surface area (Å²) in [5.74, 6) is -0.189. The van der Waals surface area contributed by atoms with Crippen molar-refractivity contribution < 1.29 is 4.79 Å². The molecule has 2 aromatic carbocycles. The number of carbonyl (C=O) groups excluding carboxylic acids is 1. The van der Waals surface area contributed by atoms with Crippen LogP contribution in [0.3, 0.4) is 0 Å². The molecule has 1 amide bonds. The molecule has 29 heavy (non-hydrogen) atoms. The van der Waals surface area contributed by atoms with Crippen LogP contribution in [0.15, 0.2) is 42.5 Å². The van der Waals surface area contributed by atoms with Gasteiger partial charge in [-0.2, -0.15) is 0 Å². The van der Waals surface area contributed by atoms with Crippen molar-refractivity contribution in [3.8, 4) is 11.1 Å². The third-order valence-electron chi connectivity index (χ3n) is 5.76. The second kappa shape index (κ2) is 7.68. The van der Waals surface area contributed by atoms with Gasteiger partial charge in [0.1, 0.15) is 5.69 Å². The minimum atomic E-state index is -0.189. The third-order valence-corrected chi connectivity index (χ3v) is 5.76. The Morgan fingerprint density at radius 3 is 2.59 bits per heavy atom. The van der Waals surface area contributed by atoms with Crippen LogP contribution in [0.4, 0.5) is 11.4 Å². The smallest absolute Gasteiger partial charge is 0.274 e. The van der Waals surface area contributed by atoms with E-state index in [1.807, 2.05) is 44.2 Å². The van der Waals surface area contributed by atoms with Crippen LogP contribution >= 0.6 is 0 Å². The average molecular weight is 386 g/mol. The molecule has 4 rings (SSSR count). The molecule has 3 aromatic rings. The number of hydrogen-bond acceptors (Lipinski definition) is 4. The van der Waals surface area contributed by atoms with Gasteiger partial charge in [0, 0.05) is 17.9 Å². The fourth-order valence-electron chi connectivity index (χ4n) is 3.98. The monoisotopic (exact) mass is 386 g/mol. The topological polar surface area (TPSA) is 80.0 Å². The van der Waals surface area contributed by atoms with Crippen molar-refractivity contribution >= 4 is 17.3 Å². The minimum absolute atomic E-state index is 0.189. The predicted molar refractivity (Wildman–Crippen MR) is 118 cm³/mol. The molecule has 0 spiro atoms. The molecule has 0 atom stereocenters. The largest absolute Gasteiger partial charge is 0.398 e. The summed E-state index contributed by atoms with van der Waals surface area (Å²) in [5, 5.41) is 6.38. The fraction of sp³-hybridized carbons (Fsp3) is 0.250. The number of benzene rings is 2. The average Bonchev–Trinajstić information content (AvgIpc) is 2.72. The summed E-state index contributed by atoms with van der Waals surface area (Å²) in [7, 11) is 0. The maximum absolute atomic E-state index is 13.0. The van der Waals surface area contributed by atoms with E-state index >= 15 is 0 Å². The molecular weight excluding hydrogens is 360 g/mol. The second-order valence-electron chi connectivity index (χ2n) is 7.63. The molecule has 0 fully saturated rings. The van der Waals surface area contributed by atoms with Gasteiger partial charge < -0.3 is 16.4 Å². The first-order chi connectivity index (χ1) is 14.0. The number of amides is 1. The van der Waals surface area contributed by atoms with E-state index in [0.717, 1.165) is 57.9 Å². The van der Waals surface area contributed by atoms with Crippen LogP contribution in [0, 0.1) is 20.8 Å². The van der Waals surface area contributed by atoms with E-state index in [1.165, 1.54) is 5.56 Å².